The third-order valence-corrected chi connectivity index (χ3v) is 3.79. The van der Waals surface area contributed by atoms with Gasteiger partial charge in [-0.3, -0.25) is 10.1 Å². The molecule has 2 aromatic carbocycles. The van der Waals surface area contributed by atoms with Crippen LogP contribution in [0.1, 0.15) is 24.0 Å². The van der Waals surface area contributed by atoms with E-state index in [0.29, 0.717) is 6.04 Å². The zero-order chi connectivity index (χ0) is 14.8. The molecule has 0 aliphatic heterocycles. The Kier molecular flexibility index (Phi) is 3.71. The average molecular weight is 282 g/mol. The summed E-state index contributed by atoms with van der Waals surface area (Å²) in [5.74, 6) is 0. The first-order valence-corrected chi connectivity index (χ1v) is 7.21. The van der Waals surface area contributed by atoms with Crippen LogP contribution in [0.4, 0.5) is 5.69 Å². The summed E-state index contributed by atoms with van der Waals surface area (Å²) in [4.78, 5) is 10.6. The number of hydrogen-bond acceptors (Lipinski definition) is 3. The molecular formula is C17H18N2O2. The third kappa shape index (κ3) is 3.28. The van der Waals surface area contributed by atoms with Gasteiger partial charge in [0.2, 0.25) is 0 Å². The van der Waals surface area contributed by atoms with Crippen LogP contribution >= 0.6 is 0 Å². The minimum Gasteiger partial charge on any atom is -0.310 e. The van der Waals surface area contributed by atoms with Gasteiger partial charge in [0.05, 0.1) is 4.92 Å². The summed E-state index contributed by atoms with van der Waals surface area (Å²) in [6, 6.07) is 13.8. The molecule has 0 bridgehead atoms. The van der Waals surface area contributed by atoms with Gasteiger partial charge in [0.1, 0.15) is 0 Å². The molecule has 4 heteroatoms. The van der Waals surface area contributed by atoms with Crippen molar-refractivity contribution in [3.8, 4) is 11.1 Å². The molecule has 1 fully saturated rings. The fourth-order valence-corrected chi connectivity index (χ4v) is 2.44. The Morgan fingerprint density at radius 2 is 2.05 bits per heavy atom. The van der Waals surface area contributed by atoms with Crippen LogP contribution in [0.5, 0.6) is 0 Å². The first-order valence-electron chi connectivity index (χ1n) is 7.21. The second-order valence-corrected chi connectivity index (χ2v) is 5.62. The van der Waals surface area contributed by atoms with Crippen molar-refractivity contribution in [2.24, 2.45) is 0 Å². The molecule has 0 heterocycles. The topological polar surface area (TPSA) is 55.2 Å². The lowest BCUT2D eigenvalue weighted by Crippen LogP contribution is -2.15. The van der Waals surface area contributed by atoms with Crippen LogP contribution in [0, 0.1) is 17.0 Å². The largest absolute Gasteiger partial charge is 0.310 e. The predicted octanol–water partition coefficient (Wildman–Crippen LogP) is 3.82. The van der Waals surface area contributed by atoms with Gasteiger partial charge in [0, 0.05) is 24.7 Å². The van der Waals surface area contributed by atoms with Crippen molar-refractivity contribution in [3.05, 3.63) is 63.7 Å². The molecule has 1 N–H and O–H groups in total. The molecule has 0 radical (unpaired) electrons. The van der Waals surface area contributed by atoms with Gasteiger partial charge in [0.25, 0.3) is 5.69 Å². The average Bonchev–Trinajstić information content (AvgIpc) is 3.30. The SMILES string of the molecule is Cc1ccc(CNC2CC2)c(-c2cccc([N+](=O)[O-])c2)c1. The molecule has 0 amide bonds. The smallest absolute Gasteiger partial charge is 0.270 e. The second kappa shape index (κ2) is 5.66. The quantitative estimate of drug-likeness (QED) is 0.670. The van der Waals surface area contributed by atoms with E-state index in [-0.39, 0.29) is 10.6 Å². The van der Waals surface area contributed by atoms with Gasteiger partial charge in [0.15, 0.2) is 0 Å². The predicted molar refractivity (Wildman–Crippen MR) is 83.1 cm³/mol. The molecule has 0 saturated heterocycles. The van der Waals surface area contributed by atoms with Crippen molar-refractivity contribution in [2.75, 3.05) is 0 Å². The van der Waals surface area contributed by atoms with Gasteiger partial charge in [-0.1, -0.05) is 35.9 Å². The van der Waals surface area contributed by atoms with Gasteiger partial charge in [-0.15, -0.1) is 0 Å². The molecule has 0 spiro atoms. The number of non-ortho nitro benzene ring substituents is 1. The van der Waals surface area contributed by atoms with Crippen LogP contribution in [0.3, 0.4) is 0 Å². The van der Waals surface area contributed by atoms with Crippen LogP contribution in [-0.4, -0.2) is 11.0 Å². The van der Waals surface area contributed by atoms with Gasteiger partial charge in [-0.25, -0.2) is 0 Å². The summed E-state index contributed by atoms with van der Waals surface area (Å²) in [6.07, 6.45) is 2.50. The van der Waals surface area contributed by atoms with E-state index in [2.05, 4.69) is 23.5 Å². The Morgan fingerprint density at radius 3 is 2.76 bits per heavy atom. The first-order chi connectivity index (χ1) is 10.1. The first kappa shape index (κ1) is 13.8. The standard InChI is InChI=1S/C17H18N2O2/c1-12-5-6-14(11-18-15-7-8-15)17(9-12)13-3-2-4-16(10-13)19(20)21/h2-6,9-10,15,18H,7-8,11H2,1H3. The van der Waals surface area contributed by atoms with Crippen molar-refractivity contribution >= 4 is 5.69 Å². The van der Waals surface area contributed by atoms with E-state index in [0.717, 1.165) is 23.2 Å². The Morgan fingerprint density at radius 1 is 1.24 bits per heavy atom. The molecular weight excluding hydrogens is 264 g/mol. The lowest BCUT2D eigenvalue weighted by Gasteiger charge is -2.12. The van der Waals surface area contributed by atoms with Crippen molar-refractivity contribution in [1.29, 1.82) is 0 Å². The molecule has 21 heavy (non-hydrogen) atoms. The molecule has 3 rings (SSSR count). The maximum absolute atomic E-state index is 11.0. The Hall–Kier alpha value is -2.20. The maximum Gasteiger partial charge on any atom is 0.270 e. The Labute approximate surface area is 124 Å². The van der Waals surface area contributed by atoms with E-state index >= 15 is 0 Å². The van der Waals surface area contributed by atoms with E-state index in [1.165, 1.54) is 24.5 Å². The van der Waals surface area contributed by atoms with Gasteiger partial charge in [-0.2, -0.15) is 0 Å². The summed E-state index contributed by atoms with van der Waals surface area (Å²) in [7, 11) is 0. The molecule has 1 aliphatic rings. The number of nitro groups is 1. The van der Waals surface area contributed by atoms with Crippen LogP contribution in [0.25, 0.3) is 11.1 Å². The third-order valence-electron chi connectivity index (χ3n) is 3.79. The van der Waals surface area contributed by atoms with Gasteiger partial charge in [-0.05, 0) is 36.5 Å². The highest BCUT2D eigenvalue weighted by Crippen LogP contribution is 2.29. The van der Waals surface area contributed by atoms with Crippen molar-refractivity contribution in [2.45, 2.75) is 32.4 Å². The van der Waals surface area contributed by atoms with Crippen LogP contribution in [0.15, 0.2) is 42.5 Å². The fourth-order valence-electron chi connectivity index (χ4n) is 2.44. The summed E-state index contributed by atoms with van der Waals surface area (Å²) < 4.78 is 0. The summed E-state index contributed by atoms with van der Waals surface area (Å²) >= 11 is 0. The molecule has 0 unspecified atom stereocenters. The fraction of sp³-hybridized carbons (Fsp3) is 0.294. The molecule has 4 nitrogen and oxygen atoms in total. The summed E-state index contributed by atoms with van der Waals surface area (Å²) in [5, 5.41) is 14.5. The normalized spacial score (nSPS) is 14.1. The second-order valence-electron chi connectivity index (χ2n) is 5.62. The van der Waals surface area contributed by atoms with Crippen LogP contribution < -0.4 is 5.32 Å². The highest BCUT2D eigenvalue weighted by atomic mass is 16.6. The molecule has 0 atom stereocenters. The highest BCUT2D eigenvalue weighted by Gasteiger charge is 2.20. The number of nitrogens with zero attached hydrogens (tertiary/aromatic N) is 1. The Balaban J connectivity index is 1.96. The van der Waals surface area contributed by atoms with Gasteiger partial charge < -0.3 is 5.32 Å². The molecule has 2 aromatic rings. The molecule has 0 aromatic heterocycles. The van der Waals surface area contributed by atoms with E-state index in [9.17, 15) is 10.1 Å². The minimum absolute atomic E-state index is 0.134. The summed E-state index contributed by atoms with van der Waals surface area (Å²) in [6.45, 7) is 2.85. The van der Waals surface area contributed by atoms with E-state index in [1.807, 2.05) is 13.0 Å². The number of aryl methyl sites for hydroxylation is 1. The van der Waals surface area contributed by atoms with Crippen molar-refractivity contribution in [3.63, 3.8) is 0 Å². The van der Waals surface area contributed by atoms with Crippen molar-refractivity contribution < 1.29 is 4.92 Å². The monoisotopic (exact) mass is 282 g/mol. The van der Waals surface area contributed by atoms with E-state index in [4.69, 9.17) is 0 Å². The lowest BCUT2D eigenvalue weighted by molar-refractivity contribution is -0.384. The number of hydrogen-bond donors (Lipinski definition) is 1. The zero-order valence-electron chi connectivity index (χ0n) is 12.0. The van der Waals surface area contributed by atoms with E-state index < -0.39 is 0 Å². The number of rotatable bonds is 5. The molecule has 1 saturated carbocycles. The zero-order valence-corrected chi connectivity index (χ0v) is 12.0. The lowest BCUT2D eigenvalue weighted by atomic mass is 9.97. The Bertz CT molecular complexity index is 678. The maximum atomic E-state index is 11.0. The minimum atomic E-state index is -0.346. The number of nitro benzene ring substituents is 1. The number of nitrogens with one attached hydrogen (secondary N) is 1. The van der Waals surface area contributed by atoms with Gasteiger partial charge >= 0.3 is 0 Å². The highest BCUT2D eigenvalue weighted by molar-refractivity contribution is 5.70. The summed E-state index contributed by atoms with van der Waals surface area (Å²) in [5.41, 5.74) is 4.46. The number of benzene rings is 2. The van der Waals surface area contributed by atoms with E-state index in [1.54, 1.807) is 12.1 Å². The molecule has 1 aliphatic carbocycles. The van der Waals surface area contributed by atoms with Crippen LogP contribution in [-0.2, 0) is 6.54 Å². The van der Waals surface area contributed by atoms with Crippen molar-refractivity contribution in [1.82, 2.24) is 5.32 Å². The molecule has 108 valence electrons. The van der Waals surface area contributed by atoms with Crippen LogP contribution in [0.2, 0.25) is 0 Å².